The minimum atomic E-state index is 0.110. The molecule has 0 bridgehead atoms. The molecule has 0 unspecified atom stereocenters. The number of carbonyl (C=O) groups is 1. The quantitative estimate of drug-likeness (QED) is 0.767. The Hall–Kier alpha value is -1.80. The van der Waals surface area contributed by atoms with Gasteiger partial charge in [-0.2, -0.15) is 0 Å². The number of rotatable bonds is 5. The zero-order valence-electron chi connectivity index (χ0n) is 11.8. The SMILES string of the molecule is CCN(C)c1cccc(C(=O)Cc2cccc(Cl)c2)c1. The first-order valence-electron chi connectivity index (χ1n) is 6.69. The van der Waals surface area contributed by atoms with Crippen LogP contribution in [0.25, 0.3) is 0 Å². The molecular formula is C17H18ClNO. The molecule has 3 heteroatoms. The van der Waals surface area contributed by atoms with Crippen LogP contribution in [0, 0.1) is 0 Å². The summed E-state index contributed by atoms with van der Waals surface area (Å²) in [6.45, 7) is 2.99. The van der Waals surface area contributed by atoms with Gasteiger partial charge in [0.25, 0.3) is 0 Å². The zero-order chi connectivity index (χ0) is 14.5. The van der Waals surface area contributed by atoms with Crippen LogP contribution in [0.5, 0.6) is 0 Å². The molecule has 0 heterocycles. The maximum atomic E-state index is 12.3. The van der Waals surface area contributed by atoms with E-state index in [0.29, 0.717) is 11.4 Å². The number of ketones is 1. The number of benzene rings is 2. The van der Waals surface area contributed by atoms with Crippen molar-refractivity contribution in [2.45, 2.75) is 13.3 Å². The summed E-state index contributed by atoms with van der Waals surface area (Å²) in [7, 11) is 2.01. The van der Waals surface area contributed by atoms with Gasteiger partial charge in [0.05, 0.1) is 0 Å². The third-order valence-electron chi connectivity index (χ3n) is 3.34. The molecule has 0 saturated carbocycles. The molecule has 104 valence electrons. The van der Waals surface area contributed by atoms with Crippen LogP contribution in [0.4, 0.5) is 5.69 Å². The van der Waals surface area contributed by atoms with E-state index < -0.39 is 0 Å². The summed E-state index contributed by atoms with van der Waals surface area (Å²) in [5, 5.41) is 0.662. The molecule has 2 aromatic carbocycles. The summed E-state index contributed by atoms with van der Waals surface area (Å²) in [5.41, 5.74) is 2.74. The first-order chi connectivity index (χ1) is 9.60. The maximum Gasteiger partial charge on any atom is 0.167 e. The highest BCUT2D eigenvalue weighted by molar-refractivity contribution is 6.30. The van der Waals surface area contributed by atoms with E-state index in [1.54, 1.807) is 0 Å². The molecule has 2 rings (SSSR count). The van der Waals surface area contributed by atoms with Crippen LogP contribution in [0.1, 0.15) is 22.8 Å². The number of nitrogens with zero attached hydrogens (tertiary/aromatic N) is 1. The molecule has 20 heavy (non-hydrogen) atoms. The largest absolute Gasteiger partial charge is 0.375 e. The van der Waals surface area contributed by atoms with Crippen molar-refractivity contribution in [3.05, 3.63) is 64.7 Å². The summed E-state index contributed by atoms with van der Waals surface area (Å²) in [6, 6.07) is 15.2. The van der Waals surface area contributed by atoms with Crippen LogP contribution in [-0.2, 0) is 6.42 Å². The Bertz CT molecular complexity index is 609. The number of carbonyl (C=O) groups excluding carboxylic acids is 1. The van der Waals surface area contributed by atoms with Crippen molar-refractivity contribution in [2.24, 2.45) is 0 Å². The molecule has 0 aromatic heterocycles. The highest BCUT2D eigenvalue weighted by Crippen LogP contribution is 2.17. The third-order valence-corrected chi connectivity index (χ3v) is 3.57. The Labute approximate surface area is 125 Å². The molecule has 0 N–H and O–H groups in total. The normalized spacial score (nSPS) is 10.3. The fourth-order valence-corrected chi connectivity index (χ4v) is 2.25. The van der Waals surface area contributed by atoms with E-state index >= 15 is 0 Å². The van der Waals surface area contributed by atoms with E-state index in [2.05, 4.69) is 11.8 Å². The van der Waals surface area contributed by atoms with Gasteiger partial charge in [-0.3, -0.25) is 4.79 Å². The van der Waals surface area contributed by atoms with Gasteiger partial charge < -0.3 is 4.90 Å². The second-order valence-corrected chi connectivity index (χ2v) is 5.23. The molecule has 0 radical (unpaired) electrons. The minimum Gasteiger partial charge on any atom is -0.375 e. The minimum absolute atomic E-state index is 0.110. The lowest BCUT2D eigenvalue weighted by Crippen LogP contribution is -2.16. The fourth-order valence-electron chi connectivity index (χ4n) is 2.03. The summed E-state index contributed by atoms with van der Waals surface area (Å²) >= 11 is 5.94. The Morgan fingerprint density at radius 1 is 1.15 bits per heavy atom. The van der Waals surface area contributed by atoms with Crippen molar-refractivity contribution >= 4 is 23.1 Å². The predicted molar refractivity (Wildman–Crippen MR) is 84.9 cm³/mol. The van der Waals surface area contributed by atoms with Crippen molar-refractivity contribution in [3.8, 4) is 0 Å². The van der Waals surface area contributed by atoms with E-state index in [1.807, 2.05) is 55.6 Å². The van der Waals surface area contributed by atoms with Gasteiger partial charge in [-0.25, -0.2) is 0 Å². The van der Waals surface area contributed by atoms with Crippen LogP contribution in [0.2, 0.25) is 5.02 Å². The van der Waals surface area contributed by atoms with Gasteiger partial charge in [-0.05, 0) is 36.8 Å². The molecule has 0 amide bonds. The smallest absolute Gasteiger partial charge is 0.167 e. The molecule has 0 spiro atoms. The van der Waals surface area contributed by atoms with E-state index in [-0.39, 0.29) is 5.78 Å². The van der Waals surface area contributed by atoms with Crippen LogP contribution in [-0.4, -0.2) is 19.4 Å². The van der Waals surface area contributed by atoms with Gasteiger partial charge in [0.2, 0.25) is 0 Å². The lowest BCUT2D eigenvalue weighted by atomic mass is 10.0. The van der Waals surface area contributed by atoms with E-state index in [1.165, 1.54) is 0 Å². The topological polar surface area (TPSA) is 20.3 Å². The van der Waals surface area contributed by atoms with Gasteiger partial charge in [-0.1, -0.05) is 35.9 Å². The third kappa shape index (κ3) is 3.61. The summed E-state index contributed by atoms with van der Waals surface area (Å²) < 4.78 is 0. The Morgan fingerprint density at radius 3 is 2.60 bits per heavy atom. The molecule has 0 aliphatic carbocycles. The maximum absolute atomic E-state index is 12.3. The highest BCUT2D eigenvalue weighted by Gasteiger charge is 2.09. The Balaban J connectivity index is 2.17. The monoisotopic (exact) mass is 287 g/mol. The zero-order valence-corrected chi connectivity index (χ0v) is 12.5. The van der Waals surface area contributed by atoms with Gasteiger partial charge in [0, 0.05) is 36.3 Å². The summed E-state index contributed by atoms with van der Waals surface area (Å²) in [5.74, 6) is 0.110. The summed E-state index contributed by atoms with van der Waals surface area (Å²) in [6.07, 6.45) is 0.375. The second kappa shape index (κ2) is 6.58. The fraction of sp³-hybridized carbons (Fsp3) is 0.235. The highest BCUT2D eigenvalue weighted by atomic mass is 35.5. The standard InChI is InChI=1S/C17H18ClNO/c1-3-19(2)16-9-5-7-14(12-16)17(20)11-13-6-4-8-15(18)10-13/h4-10,12H,3,11H2,1-2H3. The first-order valence-corrected chi connectivity index (χ1v) is 7.07. The van der Waals surface area contributed by atoms with Gasteiger partial charge in [-0.15, -0.1) is 0 Å². The lowest BCUT2D eigenvalue weighted by molar-refractivity contribution is 0.0993. The first kappa shape index (κ1) is 14.6. The molecule has 0 fully saturated rings. The van der Waals surface area contributed by atoms with Gasteiger partial charge in [0.1, 0.15) is 0 Å². The number of anilines is 1. The summed E-state index contributed by atoms with van der Waals surface area (Å²) in [4.78, 5) is 14.4. The molecular weight excluding hydrogens is 270 g/mol. The average molecular weight is 288 g/mol. The van der Waals surface area contributed by atoms with Crippen molar-refractivity contribution in [2.75, 3.05) is 18.5 Å². The van der Waals surface area contributed by atoms with Crippen LogP contribution in [0.15, 0.2) is 48.5 Å². The molecule has 0 aliphatic heterocycles. The second-order valence-electron chi connectivity index (χ2n) is 4.79. The molecule has 2 aromatic rings. The molecule has 2 nitrogen and oxygen atoms in total. The van der Waals surface area contributed by atoms with Crippen molar-refractivity contribution in [1.29, 1.82) is 0 Å². The van der Waals surface area contributed by atoms with Crippen molar-refractivity contribution < 1.29 is 4.79 Å². The van der Waals surface area contributed by atoms with E-state index in [9.17, 15) is 4.79 Å². The van der Waals surface area contributed by atoms with Gasteiger partial charge >= 0.3 is 0 Å². The number of hydrogen-bond donors (Lipinski definition) is 0. The number of halogens is 1. The number of hydrogen-bond acceptors (Lipinski definition) is 2. The molecule has 0 atom stereocenters. The van der Waals surface area contributed by atoms with Crippen LogP contribution in [0.3, 0.4) is 0 Å². The van der Waals surface area contributed by atoms with Crippen molar-refractivity contribution in [1.82, 2.24) is 0 Å². The van der Waals surface area contributed by atoms with E-state index in [4.69, 9.17) is 11.6 Å². The van der Waals surface area contributed by atoms with Gasteiger partial charge in [0.15, 0.2) is 5.78 Å². The lowest BCUT2D eigenvalue weighted by Gasteiger charge is -2.17. The van der Waals surface area contributed by atoms with Crippen LogP contribution < -0.4 is 4.90 Å². The average Bonchev–Trinajstić information content (AvgIpc) is 2.46. The van der Waals surface area contributed by atoms with E-state index in [0.717, 1.165) is 23.4 Å². The molecule has 0 aliphatic rings. The molecule has 0 saturated heterocycles. The number of Topliss-reactive ketones (excluding diaryl/α,β-unsaturated/α-hetero) is 1. The van der Waals surface area contributed by atoms with Crippen molar-refractivity contribution in [3.63, 3.8) is 0 Å². The Kier molecular flexibility index (Phi) is 4.80. The Morgan fingerprint density at radius 2 is 1.90 bits per heavy atom. The predicted octanol–water partition coefficient (Wildman–Crippen LogP) is 4.22. The van der Waals surface area contributed by atoms with Crippen LogP contribution >= 0.6 is 11.6 Å².